The number of anilines is 1. The van der Waals surface area contributed by atoms with Gasteiger partial charge in [-0.05, 0) is 32.0 Å². The van der Waals surface area contributed by atoms with Gasteiger partial charge in [-0.25, -0.2) is 9.98 Å². The normalized spacial score (nSPS) is 24.1. The molecule has 1 atom stereocenters. The Morgan fingerprint density at radius 1 is 1.25 bits per heavy atom. The average molecular weight is 459 g/mol. The predicted molar refractivity (Wildman–Crippen MR) is 117 cm³/mol. The number of methoxy groups -OCH3 is 1. The van der Waals surface area contributed by atoms with E-state index >= 15 is 0 Å². The molecule has 5 rings (SSSR count). The number of nitrogens with one attached hydrogen (secondary N) is 1. The lowest BCUT2D eigenvalue weighted by Crippen LogP contribution is -2.71. The van der Waals surface area contributed by atoms with E-state index in [9.17, 15) is 4.79 Å². The first-order chi connectivity index (χ1) is 15.2. The molecule has 3 aliphatic rings. The average Bonchev–Trinajstić information content (AvgIpc) is 3.09. The van der Waals surface area contributed by atoms with E-state index in [1.807, 2.05) is 26.0 Å². The molecule has 3 N–H and O–H groups in total. The third kappa shape index (κ3) is 2.77. The van der Waals surface area contributed by atoms with Crippen LogP contribution in [0, 0.1) is 5.41 Å². The number of halogens is 1. The van der Waals surface area contributed by atoms with E-state index < -0.39 is 22.5 Å². The minimum absolute atomic E-state index is 0.0904. The van der Waals surface area contributed by atoms with E-state index in [1.165, 1.54) is 19.4 Å². The van der Waals surface area contributed by atoms with Gasteiger partial charge >= 0.3 is 0 Å². The molecule has 0 radical (unpaired) electrons. The van der Waals surface area contributed by atoms with Crippen molar-refractivity contribution < 1.29 is 23.7 Å². The maximum absolute atomic E-state index is 12.8. The molecule has 0 saturated carbocycles. The van der Waals surface area contributed by atoms with Crippen LogP contribution in [0.4, 0.5) is 5.69 Å². The van der Waals surface area contributed by atoms with E-state index in [1.54, 1.807) is 6.07 Å². The highest BCUT2D eigenvalue weighted by molar-refractivity contribution is 6.34. The lowest BCUT2D eigenvalue weighted by molar-refractivity contribution is -0.247. The summed E-state index contributed by atoms with van der Waals surface area (Å²) < 4.78 is 22.7. The number of ether oxygens (including phenoxy) is 4. The van der Waals surface area contributed by atoms with Gasteiger partial charge in [-0.3, -0.25) is 4.79 Å². The number of carbonyl (C=O) groups is 1. The van der Waals surface area contributed by atoms with Crippen molar-refractivity contribution in [3.8, 4) is 11.5 Å². The van der Waals surface area contributed by atoms with Crippen molar-refractivity contribution in [2.24, 2.45) is 16.1 Å². The van der Waals surface area contributed by atoms with Crippen LogP contribution >= 0.6 is 11.6 Å². The molecule has 3 aliphatic heterocycles. The smallest absolute Gasteiger partial charge is 0.283 e. The Balaban J connectivity index is 1.54. The Kier molecular flexibility index (Phi) is 4.55. The Labute approximate surface area is 189 Å². The van der Waals surface area contributed by atoms with Crippen LogP contribution in [0.3, 0.4) is 0 Å². The Bertz CT molecular complexity index is 1150. The van der Waals surface area contributed by atoms with Crippen molar-refractivity contribution >= 4 is 29.2 Å². The molecule has 0 bridgehead atoms. The number of nitrogens with two attached hydrogens (primary N) is 1. The standard InChI is InChI=1S/C22H23ClN4O5/c1-20(2)21(9-30-10-21)22(11-31-19(24)27-22)14-6-12(4-5-16(14)32-20)26-18(28)17-15(23)7-13(29-3)8-25-17/h4-8H,9-11H2,1-3H3,(H2,24,27)(H,26,28). The molecular weight excluding hydrogens is 436 g/mol. The van der Waals surface area contributed by atoms with Crippen molar-refractivity contribution in [1.29, 1.82) is 0 Å². The van der Waals surface area contributed by atoms with Crippen molar-refractivity contribution in [2.45, 2.75) is 25.0 Å². The molecule has 1 saturated heterocycles. The number of amidine groups is 1. The lowest BCUT2D eigenvalue weighted by atomic mass is 9.55. The highest BCUT2D eigenvalue weighted by atomic mass is 35.5. The maximum atomic E-state index is 12.8. The van der Waals surface area contributed by atoms with Crippen molar-refractivity contribution in [2.75, 3.05) is 32.2 Å². The summed E-state index contributed by atoms with van der Waals surface area (Å²) in [6, 6.07) is 7.08. The topological polar surface area (TPSA) is 117 Å². The molecule has 2 aromatic rings. The molecule has 1 aromatic heterocycles. The zero-order valence-electron chi connectivity index (χ0n) is 17.9. The summed E-state index contributed by atoms with van der Waals surface area (Å²) in [6.45, 7) is 5.24. The molecule has 2 spiro atoms. The molecule has 9 nitrogen and oxygen atoms in total. The number of rotatable bonds is 3. The fourth-order valence-electron chi connectivity index (χ4n) is 4.74. The van der Waals surface area contributed by atoms with E-state index in [0.29, 0.717) is 30.4 Å². The van der Waals surface area contributed by atoms with Crippen LogP contribution in [0.1, 0.15) is 29.9 Å². The third-order valence-electron chi connectivity index (χ3n) is 6.69. The van der Waals surface area contributed by atoms with Gasteiger partial charge in [0.05, 0.1) is 37.0 Å². The number of aliphatic imine (C=N–C) groups is 1. The first-order valence-corrected chi connectivity index (χ1v) is 10.5. The Morgan fingerprint density at radius 3 is 2.62 bits per heavy atom. The molecule has 10 heteroatoms. The minimum Gasteiger partial charge on any atom is -0.495 e. The first kappa shape index (κ1) is 20.8. The summed E-state index contributed by atoms with van der Waals surface area (Å²) in [5.41, 5.74) is 5.56. The van der Waals surface area contributed by atoms with Crippen LogP contribution in [0.25, 0.3) is 0 Å². The van der Waals surface area contributed by atoms with E-state index in [-0.39, 0.29) is 23.3 Å². The molecule has 0 aliphatic carbocycles. The number of benzene rings is 1. The highest BCUT2D eigenvalue weighted by Gasteiger charge is 2.71. The summed E-state index contributed by atoms with van der Waals surface area (Å²) in [6.07, 6.45) is 1.44. The number of amides is 1. The van der Waals surface area contributed by atoms with Crippen molar-refractivity contribution in [3.63, 3.8) is 0 Å². The third-order valence-corrected chi connectivity index (χ3v) is 6.97. The van der Waals surface area contributed by atoms with E-state index in [0.717, 1.165) is 5.56 Å². The van der Waals surface area contributed by atoms with Gasteiger partial charge in [0.25, 0.3) is 11.9 Å². The van der Waals surface area contributed by atoms with Gasteiger partial charge in [0, 0.05) is 17.3 Å². The van der Waals surface area contributed by atoms with Crippen molar-refractivity contribution in [1.82, 2.24) is 4.98 Å². The van der Waals surface area contributed by atoms with Crippen LogP contribution in [-0.4, -0.2) is 49.4 Å². The first-order valence-electron chi connectivity index (χ1n) is 10.1. The summed E-state index contributed by atoms with van der Waals surface area (Å²) in [5, 5.41) is 3.04. The van der Waals surface area contributed by atoms with Crippen LogP contribution in [-0.2, 0) is 15.0 Å². The second-order valence-corrected chi connectivity index (χ2v) is 9.06. The van der Waals surface area contributed by atoms with Crippen molar-refractivity contribution in [3.05, 3.63) is 46.7 Å². The molecule has 1 fully saturated rings. The van der Waals surface area contributed by atoms with Gasteiger partial charge in [0.1, 0.15) is 34.9 Å². The number of hydrogen-bond acceptors (Lipinski definition) is 8. The zero-order valence-corrected chi connectivity index (χ0v) is 18.7. The lowest BCUT2D eigenvalue weighted by Gasteiger charge is -2.61. The molecule has 4 heterocycles. The minimum atomic E-state index is -0.789. The Hall–Kier alpha value is -3.04. The fraction of sp³-hybridized carbons (Fsp3) is 0.409. The molecule has 1 unspecified atom stereocenters. The number of hydrogen-bond donors (Lipinski definition) is 2. The maximum Gasteiger partial charge on any atom is 0.283 e. The van der Waals surface area contributed by atoms with E-state index in [4.69, 9.17) is 41.3 Å². The SMILES string of the molecule is COc1cnc(C(=O)Nc2ccc3c(c2)C2(COC(N)=N2)C2(COC2)C(C)(C)O3)c(Cl)c1. The monoisotopic (exact) mass is 458 g/mol. The molecule has 1 amide bonds. The van der Waals surface area contributed by atoms with Gasteiger partial charge in [-0.15, -0.1) is 0 Å². The van der Waals surface area contributed by atoms with Gasteiger partial charge in [0.2, 0.25) is 0 Å². The quantitative estimate of drug-likeness (QED) is 0.726. The fourth-order valence-corrected chi connectivity index (χ4v) is 4.99. The van der Waals surface area contributed by atoms with Crippen LogP contribution in [0.15, 0.2) is 35.5 Å². The molecule has 32 heavy (non-hydrogen) atoms. The summed E-state index contributed by atoms with van der Waals surface area (Å²) in [4.78, 5) is 21.7. The highest BCUT2D eigenvalue weighted by Crippen LogP contribution is 2.62. The molecule has 168 valence electrons. The predicted octanol–water partition coefficient (Wildman–Crippen LogP) is 2.72. The number of fused-ring (bicyclic) bond motifs is 3. The summed E-state index contributed by atoms with van der Waals surface area (Å²) in [7, 11) is 1.50. The van der Waals surface area contributed by atoms with Crippen LogP contribution in [0.5, 0.6) is 11.5 Å². The van der Waals surface area contributed by atoms with Gasteiger partial charge in [-0.1, -0.05) is 11.6 Å². The van der Waals surface area contributed by atoms with Crippen LogP contribution in [0.2, 0.25) is 5.02 Å². The summed E-state index contributed by atoms with van der Waals surface area (Å²) in [5.74, 6) is 0.677. The van der Waals surface area contributed by atoms with Gasteiger partial charge in [-0.2, -0.15) is 0 Å². The van der Waals surface area contributed by atoms with E-state index in [2.05, 4.69) is 10.3 Å². The Morgan fingerprint density at radius 2 is 2.03 bits per heavy atom. The largest absolute Gasteiger partial charge is 0.495 e. The number of pyridine rings is 1. The molecular formula is C22H23ClN4O5. The number of aromatic nitrogens is 1. The van der Waals surface area contributed by atoms with Gasteiger partial charge < -0.3 is 30.0 Å². The molecule has 1 aromatic carbocycles. The second-order valence-electron chi connectivity index (χ2n) is 8.66. The number of carbonyl (C=O) groups excluding carboxylic acids is 1. The zero-order chi connectivity index (χ0) is 22.7. The summed E-state index contributed by atoms with van der Waals surface area (Å²) >= 11 is 6.21. The van der Waals surface area contributed by atoms with Crippen LogP contribution < -0.4 is 20.5 Å². The second kappa shape index (κ2) is 6.98. The van der Waals surface area contributed by atoms with Gasteiger partial charge in [0.15, 0.2) is 0 Å². The number of nitrogens with zero attached hydrogens (tertiary/aromatic N) is 2.